The Balaban J connectivity index is 1.93. The van der Waals surface area contributed by atoms with Gasteiger partial charge in [0.1, 0.15) is 0 Å². The molecule has 0 radical (unpaired) electrons. The van der Waals surface area contributed by atoms with E-state index >= 15 is 0 Å². The van der Waals surface area contributed by atoms with Crippen molar-refractivity contribution in [2.45, 2.75) is 53.3 Å². The molecular weight excluding hydrogens is 442 g/mol. The van der Waals surface area contributed by atoms with E-state index < -0.39 is 6.10 Å². The van der Waals surface area contributed by atoms with Crippen molar-refractivity contribution in [3.63, 3.8) is 0 Å². The van der Waals surface area contributed by atoms with E-state index in [0.717, 1.165) is 16.9 Å². The Hall–Kier alpha value is -2.87. The molecule has 0 spiro atoms. The van der Waals surface area contributed by atoms with Gasteiger partial charge in [-0.3, -0.25) is 4.90 Å². The van der Waals surface area contributed by atoms with Crippen molar-refractivity contribution < 1.29 is 19.3 Å². The third kappa shape index (κ3) is 7.31. The first-order chi connectivity index (χ1) is 16.8. The molecule has 3 aromatic rings. The summed E-state index contributed by atoms with van der Waals surface area (Å²) in [5.74, 6) is 2.33. The number of methoxy groups -OCH3 is 1. The average Bonchev–Trinajstić information content (AvgIpc) is 3.14. The van der Waals surface area contributed by atoms with Crippen LogP contribution in [0, 0.1) is 12.8 Å². The van der Waals surface area contributed by atoms with Crippen LogP contribution in [-0.2, 0) is 11.3 Å². The van der Waals surface area contributed by atoms with Crippen LogP contribution in [0.15, 0.2) is 54.6 Å². The van der Waals surface area contributed by atoms with Crippen molar-refractivity contribution in [2.24, 2.45) is 5.92 Å². The Morgan fingerprint density at radius 2 is 1.60 bits per heavy atom. The fraction of sp³-hybridized carbons (Fsp3) is 0.464. The molecule has 1 aromatic heterocycles. The molecule has 0 aliphatic carbocycles. The molecule has 0 bridgehead atoms. The molecule has 0 fully saturated rings. The van der Waals surface area contributed by atoms with E-state index in [9.17, 15) is 5.11 Å². The van der Waals surface area contributed by atoms with Gasteiger partial charge in [-0.1, -0.05) is 44.2 Å². The number of aromatic nitrogens is 2. The first-order valence-electron chi connectivity index (χ1n) is 12.2. The number of hydrogen-bond acceptors (Lipinski definition) is 6. The maximum Gasteiger partial charge on any atom is 0.227 e. The first kappa shape index (κ1) is 26.7. The van der Waals surface area contributed by atoms with Gasteiger partial charge in [-0.25, -0.2) is 4.68 Å². The highest BCUT2D eigenvalue weighted by Crippen LogP contribution is 2.36. The minimum absolute atomic E-state index is 0.202. The molecule has 7 nitrogen and oxygen atoms in total. The van der Waals surface area contributed by atoms with Crippen molar-refractivity contribution >= 4 is 0 Å². The number of ether oxygens (including phenoxy) is 3. The number of nitrogens with zero attached hydrogens (tertiary/aromatic N) is 3. The minimum Gasteiger partial charge on any atom is -0.493 e. The van der Waals surface area contributed by atoms with Gasteiger partial charge in [0.2, 0.25) is 5.88 Å². The van der Waals surface area contributed by atoms with Gasteiger partial charge in [0.15, 0.2) is 11.5 Å². The number of benzene rings is 2. The molecule has 1 N–H and O–H groups in total. The smallest absolute Gasteiger partial charge is 0.227 e. The minimum atomic E-state index is -0.584. The van der Waals surface area contributed by atoms with Gasteiger partial charge in [-0.15, -0.1) is 0 Å². The van der Waals surface area contributed by atoms with Crippen LogP contribution in [0.25, 0.3) is 5.69 Å². The van der Waals surface area contributed by atoms with Crippen LogP contribution in [0.3, 0.4) is 0 Å². The Morgan fingerprint density at radius 1 is 0.943 bits per heavy atom. The van der Waals surface area contributed by atoms with Crippen molar-refractivity contribution in [1.29, 1.82) is 0 Å². The Morgan fingerprint density at radius 3 is 2.23 bits per heavy atom. The molecule has 1 heterocycles. The highest BCUT2D eigenvalue weighted by atomic mass is 16.5. The van der Waals surface area contributed by atoms with Crippen LogP contribution >= 0.6 is 0 Å². The molecular formula is C28H39N3O4. The summed E-state index contributed by atoms with van der Waals surface area (Å²) >= 11 is 0. The van der Waals surface area contributed by atoms with E-state index in [1.54, 1.807) is 7.11 Å². The lowest BCUT2D eigenvalue weighted by Crippen LogP contribution is -2.39. The molecule has 0 amide bonds. The lowest BCUT2D eigenvalue weighted by Gasteiger charge is -2.29. The molecule has 0 aliphatic heterocycles. The summed E-state index contributed by atoms with van der Waals surface area (Å²) in [5, 5.41) is 15.5. The first-order valence-corrected chi connectivity index (χ1v) is 12.2. The number of rotatable bonds is 13. The third-order valence-electron chi connectivity index (χ3n) is 5.71. The van der Waals surface area contributed by atoms with Crippen LogP contribution in [-0.4, -0.2) is 58.8 Å². The second-order valence-corrected chi connectivity index (χ2v) is 9.48. The fourth-order valence-corrected chi connectivity index (χ4v) is 3.80. The fourth-order valence-electron chi connectivity index (χ4n) is 3.80. The van der Waals surface area contributed by atoms with Gasteiger partial charge in [-0.2, -0.15) is 5.10 Å². The van der Waals surface area contributed by atoms with Gasteiger partial charge in [0.05, 0.1) is 36.8 Å². The SMILES string of the molecule is COc1ccccc1Oc1c(CN(CC(O)COCC(C)C)C(C)C)c(C)nn1-c1ccccc1. The predicted octanol–water partition coefficient (Wildman–Crippen LogP) is 5.23. The summed E-state index contributed by atoms with van der Waals surface area (Å²) < 4.78 is 19.5. The van der Waals surface area contributed by atoms with Gasteiger partial charge >= 0.3 is 0 Å². The molecule has 3 rings (SSSR count). The summed E-state index contributed by atoms with van der Waals surface area (Å²) in [7, 11) is 1.63. The molecule has 2 aromatic carbocycles. The van der Waals surface area contributed by atoms with Gasteiger partial charge in [-0.05, 0) is 51.0 Å². The quantitative estimate of drug-likeness (QED) is 0.361. The van der Waals surface area contributed by atoms with Crippen molar-refractivity contribution in [1.82, 2.24) is 14.7 Å². The summed E-state index contributed by atoms with van der Waals surface area (Å²) in [6.45, 7) is 12.4. The van der Waals surface area contributed by atoms with Crippen LogP contribution in [0.2, 0.25) is 0 Å². The zero-order valence-electron chi connectivity index (χ0n) is 21.8. The standard InChI is InChI=1S/C28H39N3O4/c1-20(2)18-34-19-24(32)16-30(21(3)4)17-25-22(5)29-31(23-12-8-7-9-13-23)28(25)35-27-15-11-10-14-26(27)33-6/h7-15,20-21,24,32H,16-19H2,1-6H3. The van der Waals surface area contributed by atoms with E-state index in [-0.39, 0.29) is 6.04 Å². The zero-order valence-corrected chi connectivity index (χ0v) is 21.8. The largest absolute Gasteiger partial charge is 0.493 e. The summed E-state index contributed by atoms with van der Waals surface area (Å²) in [6.07, 6.45) is -0.584. The van der Waals surface area contributed by atoms with E-state index in [4.69, 9.17) is 19.3 Å². The summed E-state index contributed by atoms with van der Waals surface area (Å²) in [6, 6.07) is 17.7. The second-order valence-electron chi connectivity index (χ2n) is 9.48. The van der Waals surface area contributed by atoms with Crippen molar-refractivity contribution in [3.8, 4) is 23.1 Å². The van der Waals surface area contributed by atoms with E-state index in [0.29, 0.717) is 49.6 Å². The van der Waals surface area contributed by atoms with Crippen LogP contribution in [0.4, 0.5) is 0 Å². The van der Waals surface area contributed by atoms with Crippen LogP contribution in [0.1, 0.15) is 39.0 Å². The normalized spacial score (nSPS) is 12.5. The molecule has 35 heavy (non-hydrogen) atoms. The Labute approximate surface area is 209 Å². The maximum atomic E-state index is 10.6. The number of para-hydroxylation sites is 3. The van der Waals surface area contributed by atoms with Crippen molar-refractivity contribution in [2.75, 3.05) is 26.9 Å². The lowest BCUT2D eigenvalue weighted by atomic mass is 10.2. The number of aryl methyl sites for hydroxylation is 1. The molecule has 190 valence electrons. The molecule has 1 unspecified atom stereocenters. The van der Waals surface area contributed by atoms with Gasteiger partial charge < -0.3 is 19.3 Å². The maximum absolute atomic E-state index is 10.6. The molecule has 0 saturated carbocycles. The zero-order chi connectivity index (χ0) is 25.4. The second kappa shape index (κ2) is 12.7. The molecule has 1 atom stereocenters. The third-order valence-corrected chi connectivity index (χ3v) is 5.71. The van der Waals surface area contributed by atoms with E-state index in [2.05, 4.69) is 32.6 Å². The van der Waals surface area contributed by atoms with E-state index in [1.807, 2.05) is 66.2 Å². The Bertz CT molecular complexity index is 1050. The topological polar surface area (TPSA) is 69.0 Å². The number of aliphatic hydroxyl groups excluding tert-OH is 1. The molecule has 0 saturated heterocycles. The summed E-state index contributed by atoms with van der Waals surface area (Å²) in [5.41, 5.74) is 2.74. The predicted molar refractivity (Wildman–Crippen MR) is 139 cm³/mol. The Kier molecular flexibility index (Phi) is 9.72. The monoisotopic (exact) mass is 481 g/mol. The van der Waals surface area contributed by atoms with Gasteiger partial charge in [0, 0.05) is 25.7 Å². The molecule has 7 heteroatoms. The lowest BCUT2D eigenvalue weighted by molar-refractivity contribution is 0.00160. The summed E-state index contributed by atoms with van der Waals surface area (Å²) in [4.78, 5) is 2.22. The number of aliphatic hydroxyl groups is 1. The van der Waals surface area contributed by atoms with Crippen molar-refractivity contribution in [3.05, 3.63) is 65.9 Å². The highest BCUT2D eigenvalue weighted by molar-refractivity contribution is 5.47. The number of hydrogen-bond donors (Lipinski definition) is 1. The average molecular weight is 482 g/mol. The molecule has 0 aliphatic rings. The highest BCUT2D eigenvalue weighted by Gasteiger charge is 2.24. The van der Waals surface area contributed by atoms with Gasteiger partial charge in [0.25, 0.3) is 0 Å². The van der Waals surface area contributed by atoms with E-state index in [1.165, 1.54) is 0 Å². The van der Waals surface area contributed by atoms with Crippen LogP contribution < -0.4 is 9.47 Å². The van der Waals surface area contributed by atoms with Crippen LogP contribution in [0.5, 0.6) is 17.4 Å².